The van der Waals surface area contributed by atoms with Gasteiger partial charge >= 0.3 is 0 Å². The number of fused-ring (bicyclic) bond motifs is 2. The molecule has 0 radical (unpaired) electrons. The van der Waals surface area contributed by atoms with E-state index in [-0.39, 0.29) is 5.91 Å². The summed E-state index contributed by atoms with van der Waals surface area (Å²) in [6.07, 6.45) is 3.42. The summed E-state index contributed by atoms with van der Waals surface area (Å²) in [5, 5.41) is 3.78. The summed E-state index contributed by atoms with van der Waals surface area (Å²) in [5.74, 6) is -0.214. The molecule has 0 unspecified atom stereocenters. The van der Waals surface area contributed by atoms with Crippen LogP contribution in [0.2, 0.25) is 0 Å². The van der Waals surface area contributed by atoms with E-state index in [4.69, 9.17) is 4.98 Å². The van der Waals surface area contributed by atoms with Crippen molar-refractivity contribution in [1.29, 1.82) is 0 Å². The predicted octanol–water partition coefficient (Wildman–Crippen LogP) is 4.55. The molecular formula is C21H13N5OS. The third-order valence-electron chi connectivity index (χ3n) is 4.47. The molecule has 5 aromatic rings. The average molecular weight is 383 g/mol. The summed E-state index contributed by atoms with van der Waals surface area (Å²) >= 11 is 1.12. The second kappa shape index (κ2) is 6.79. The number of rotatable bonds is 3. The van der Waals surface area contributed by atoms with E-state index in [1.807, 2.05) is 60.7 Å². The van der Waals surface area contributed by atoms with Crippen LogP contribution >= 0.6 is 11.7 Å². The van der Waals surface area contributed by atoms with Crippen LogP contribution < -0.4 is 5.32 Å². The Kier molecular flexibility index (Phi) is 3.99. The van der Waals surface area contributed by atoms with Crippen LogP contribution in [0.3, 0.4) is 0 Å². The maximum atomic E-state index is 13.2. The van der Waals surface area contributed by atoms with Crippen molar-refractivity contribution < 1.29 is 4.79 Å². The second-order valence-electron chi connectivity index (χ2n) is 6.20. The Morgan fingerprint density at radius 2 is 1.71 bits per heavy atom. The van der Waals surface area contributed by atoms with Gasteiger partial charge in [0.25, 0.3) is 5.91 Å². The van der Waals surface area contributed by atoms with Crippen LogP contribution in [-0.4, -0.2) is 24.6 Å². The molecule has 0 bridgehead atoms. The summed E-state index contributed by atoms with van der Waals surface area (Å²) in [4.78, 5) is 21.9. The molecule has 0 aliphatic heterocycles. The van der Waals surface area contributed by atoms with Crippen molar-refractivity contribution in [3.8, 4) is 11.3 Å². The molecule has 7 heteroatoms. The lowest BCUT2D eigenvalue weighted by Crippen LogP contribution is -2.13. The Labute approximate surface area is 164 Å². The number of carbonyl (C=O) groups is 1. The molecule has 1 N–H and O–H groups in total. The molecule has 2 aromatic carbocycles. The molecular weight excluding hydrogens is 370 g/mol. The molecule has 3 heterocycles. The van der Waals surface area contributed by atoms with Gasteiger partial charge in [0.2, 0.25) is 0 Å². The van der Waals surface area contributed by atoms with E-state index in [1.54, 1.807) is 12.4 Å². The zero-order chi connectivity index (χ0) is 18.9. The molecule has 0 saturated heterocycles. The second-order valence-corrected chi connectivity index (χ2v) is 6.73. The van der Waals surface area contributed by atoms with Gasteiger partial charge < -0.3 is 5.32 Å². The Bertz CT molecular complexity index is 1320. The molecule has 0 aliphatic rings. The number of anilines is 1. The molecule has 134 valence electrons. The van der Waals surface area contributed by atoms with Gasteiger partial charge in [0.1, 0.15) is 11.0 Å². The number of aromatic nitrogens is 4. The van der Waals surface area contributed by atoms with Crippen LogP contribution in [0.15, 0.2) is 73.1 Å². The van der Waals surface area contributed by atoms with Gasteiger partial charge in [-0.2, -0.15) is 8.75 Å². The van der Waals surface area contributed by atoms with Crippen LogP contribution in [-0.2, 0) is 0 Å². The van der Waals surface area contributed by atoms with Gasteiger partial charge in [0.15, 0.2) is 0 Å². The van der Waals surface area contributed by atoms with E-state index < -0.39 is 0 Å². The highest BCUT2D eigenvalue weighted by atomic mass is 32.1. The number of nitrogens with zero attached hydrogens (tertiary/aromatic N) is 4. The molecule has 0 saturated carbocycles. The topological polar surface area (TPSA) is 80.7 Å². The standard InChI is InChI=1S/C21H13N5OS/c27-21(24-17-6-3-7-18-20(17)26-28-25-18)15-12-19(13-8-10-22-11-9-13)23-16-5-2-1-4-14(15)16/h1-12H,(H,24,27). The van der Waals surface area contributed by atoms with Crippen LogP contribution in [0.5, 0.6) is 0 Å². The van der Waals surface area contributed by atoms with Crippen molar-refractivity contribution in [2.75, 3.05) is 5.32 Å². The van der Waals surface area contributed by atoms with Gasteiger partial charge in [0, 0.05) is 23.3 Å². The minimum atomic E-state index is -0.214. The fourth-order valence-electron chi connectivity index (χ4n) is 3.13. The van der Waals surface area contributed by atoms with E-state index in [0.29, 0.717) is 16.8 Å². The fourth-order valence-corrected chi connectivity index (χ4v) is 3.68. The minimum Gasteiger partial charge on any atom is -0.320 e. The van der Waals surface area contributed by atoms with Crippen molar-refractivity contribution in [2.24, 2.45) is 0 Å². The third kappa shape index (κ3) is 2.87. The van der Waals surface area contributed by atoms with E-state index in [0.717, 1.165) is 39.4 Å². The Hall–Kier alpha value is -3.71. The zero-order valence-electron chi connectivity index (χ0n) is 14.5. The first kappa shape index (κ1) is 16.5. The van der Waals surface area contributed by atoms with E-state index in [9.17, 15) is 4.79 Å². The molecule has 0 spiro atoms. The first-order chi connectivity index (χ1) is 13.8. The summed E-state index contributed by atoms with van der Waals surface area (Å²) in [6.45, 7) is 0. The van der Waals surface area contributed by atoms with E-state index >= 15 is 0 Å². The fraction of sp³-hybridized carbons (Fsp3) is 0. The van der Waals surface area contributed by atoms with Crippen LogP contribution in [0.1, 0.15) is 10.4 Å². The summed E-state index contributed by atoms with van der Waals surface area (Å²) in [6, 6.07) is 18.7. The minimum absolute atomic E-state index is 0.214. The van der Waals surface area contributed by atoms with Gasteiger partial charge in [-0.15, -0.1) is 0 Å². The van der Waals surface area contributed by atoms with Crippen LogP contribution in [0.4, 0.5) is 5.69 Å². The van der Waals surface area contributed by atoms with Gasteiger partial charge in [-0.05, 0) is 36.4 Å². The summed E-state index contributed by atoms with van der Waals surface area (Å²) < 4.78 is 8.52. The molecule has 3 aromatic heterocycles. The van der Waals surface area contributed by atoms with Crippen LogP contribution in [0.25, 0.3) is 33.2 Å². The zero-order valence-corrected chi connectivity index (χ0v) is 15.4. The monoisotopic (exact) mass is 383 g/mol. The van der Waals surface area contributed by atoms with Crippen LogP contribution in [0, 0.1) is 0 Å². The van der Waals surface area contributed by atoms with Crippen molar-refractivity contribution in [1.82, 2.24) is 18.7 Å². The molecule has 0 aliphatic carbocycles. The maximum Gasteiger partial charge on any atom is 0.256 e. The Balaban J connectivity index is 1.63. The molecule has 0 atom stereocenters. The average Bonchev–Trinajstić information content (AvgIpc) is 3.23. The lowest BCUT2D eigenvalue weighted by Gasteiger charge is -2.11. The highest BCUT2D eigenvalue weighted by Gasteiger charge is 2.16. The summed E-state index contributed by atoms with van der Waals surface area (Å²) in [7, 11) is 0. The number of pyridine rings is 2. The SMILES string of the molecule is O=C(Nc1cccc2nsnc12)c1cc(-c2ccncc2)nc2ccccc12. The number of carbonyl (C=O) groups excluding carboxylic acids is 1. The van der Waals surface area contributed by atoms with Gasteiger partial charge in [-0.3, -0.25) is 9.78 Å². The largest absolute Gasteiger partial charge is 0.320 e. The van der Waals surface area contributed by atoms with Crippen molar-refractivity contribution in [2.45, 2.75) is 0 Å². The number of hydrogen-bond acceptors (Lipinski definition) is 6. The van der Waals surface area contributed by atoms with Crippen molar-refractivity contribution in [3.05, 3.63) is 78.6 Å². The lowest BCUT2D eigenvalue weighted by atomic mass is 10.0. The molecule has 1 amide bonds. The quantitative estimate of drug-likeness (QED) is 0.494. The van der Waals surface area contributed by atoms with Crippen molar-refractivity contribution in [3.63, 3.8) is 0 Å². The Morgan fingerprint density at radius 1 is 0.893 bits per heavy atom. The van der Waals surface area contributed by atoms with Gasteiger partial charge in [-0.1, -0.05) is 24.3 Å². The maximum absolute atomic E-state index is 13.2. The van der Waals surface area contributed by atoms with Gasteiger partial charge in [-0.25, -0.2) is 4.98 Å². The number of amides is 1. The highest BCUT2D eigenvalue weighted by Crippen LogP contribution is 2.27. The molecule has 6 nitrogen and oxygen atoms in total. The molecule has 28 heavy (non-hydrogen) atoms. The van der Waals surface area contributed by atoms with E-state index in [2.05, 4.69) is 19.0 Å². The number of benzene rings is 2. The molecule has 0 fully saturated rings. The van der Waals surface area contributed by atoms with Gasteiger partial charge in [0.05, 0.1) is 34.2 Å². The smallest absolute Gasteiger partial charge is 0.256 e. The first-order valence-corrected chi connectivity index (χ1v) is 9.35. The highest BCUT2D eigenvalue weighted by molar-refractivity contribution is 7.00. The number of hydrogen-bond donors (Lipinski definition) is 1. The van der Waals surface area contributed by atoms with E-state index in [1.165, 1.54) is 0 Å². The number of nitrogens with one attached hydrogen (secondary N) is 1. The molecule has 5 rings (SSSR count). The first-order valence-electron chi connectivity index (χ1n) is 8.62. The summed E-state index contributed by atoms with van der Waals surface area (Å²) in [5.41, 5.74) is 5.03. The Morgan fingerprint density at radius 3 is 2.61 bits per heavy atom. The predicted molar refractivity (Wildman–Crippen MR) is 110 cm³/mol. The normalized spacial score (nSPS) is 11.0. The van der Waals surface area contributed by atoms with Crippen molar-refractivity contribution >= 4 is 45.3 Å². The lowest BCUT2D eigenvalue weighted by molar-refractivity contribution is 0.102. The number of para-hydroxylation sites is 1. The third-order valence-corrected chi connectivity index (χ3v) is 5.01.